The minimum Gasteiger partial charge on any atom is -0.477 e. The molecule has 136 valence electrons. The monoisotopic (exact) mass is 386 g/mol. The van der Waals surface area contributed by atoms with Crippen molar-refractivity contribution in [3.8, 4) is 17.4 Å². The first-order chi connectivity index (χ1) is 11.7. The lowest BCUT2D eigenvalue weighted by molar-refractivity contribution is -0.150. The van der Waals surface area contributed by atoms with Gasteiger partial charge in [0.25, 0.3) is 0 Å². The lowest BCUT2D eigenvalue weighted by Gasteiger charge is -2.16. The minimum absolute atomic E-state index is 0.270. The molecule has 8 heteroatoms. The number of aromatic nitrogens is 2. The molecule has 0 saturated heterocycles. The van der Waals surface area contributed by atoms with Crippen molar-refractivity contribution >= 4 is 29.2 Å². The van der Waals surface area contributed by atoms with Crippen LogP contribution in [-0.2, 0) is 16.6 Å². The predicted octanol–water partition coefficient (Wildman–Crippen LogP) is 4.47. The number of halogens is 2. The molecule has 0 N–H and O–H groups in total. The maximum atomic E-state index is 11.7. The van der Waals surface area contributed by atoms with E-state index in [0.717, 1.165) is 11.3 Å². The number of nitrogens with zero attached hydrogens (tertiary/aromatic N) is 2. The van der Waals surface area contributed by atoms with Crippen LogP contribution in [0, 0.1) is 13.8 Å². The van der Waals surface area contributed by atoms with Gasteiger partial charge in [0.2, 0.25) is 5.88 Å². The third kappa shape index (κ3) is 4.38. The van der Waals surface area contributed by atoms with Gasteiger partial charge in [0.05, 0.1) is 22.3 Å². The number of esters is 1. The van der Waals surface area contributed by atoms with Crippen LogP contribution < -0.4 is 9.47 Å². The van der Waals surface area contributed by atoms with E-state index in [9.17, 15) is 4.79 Å². The van der Waals surface area contributed by atoms with Crippen molar-refractivity contribution in [1.29, 1.82) is 0 Å². The van der Waals surface area contributed by atoms with Crippen LogP contribution in [0.3, 0.4) is 0 Å². The molecule has 0 unspecified atom stereocenters. The highest BCUT2D eigenvalue weighted by Crippen LogP contribution is 2.39. The molecule has 25 heavy (non-hydrogen) atoms. The third-order valence-corrected chi connectivity index (χ3v) is 4.16. The van der Waals surface area contributed by atoms with Crippen molar-refractivity contribution in [2.75, 3.05) is 6.61 Å². The molecule has 0 bridgehead atoms. The second kappa shape index (κ2) is 7.97. The Morgan fingerprint density at radius 3 is 2.44 bits per heavy atom. The van der Waals surface area contributed by atoms with Gasteiger partial charge in [0, 0.05) is 18.7 Å². The molecule has 6 nitrogen and oxygen atoms in total. The summed E-state index contributed by atoms with van der Waals surface area (Å²) in [7, 11) is 1.78. The Balaban J connectivity index is 2.29. The van der Waals surface area contributed by atoms with Crippen LogP contribution >= 0.6 is 23.2 Å². The van der Waals surface area contributed by atoms with Crippen LogP contribution in [0.2, 0.25) is 10.0 Å². The van der Waals surface area contributed by atoms with Gasteiger partial charge in [0.1, 0.15) is 5.75 Å². The number of benzene rings is 1. The predicted molar refractivity (Wildman–Crippen MR) is 95.9 cm³/mol. The Hall–Kier alpha value is -1.92. The average Bonchev–Trinajstić information content (AvgIpc) is 2.78. The van der Waals surface area contributed by atoms with Gasteiger partial charge in [-0.25, -0.2) is 9.48 Å². The van der Waals surface area contributed by atoms with Gasteiger partial charge >= 0.3 is 5.97 Å². The quantitative estimate of drug-likeness (QED) is 0.685. The first-order valence-electron chi connectivity index (χ1n) is 7.75. The summed E-state index contributed by atoms with van der Waals surface area (Å²) in [5.74, 6) is 0.710. The SMILES string of the molecule is CCOC(=O)[C@H](C)Oc1cc(Oc2c(C)c(C)nn2C)c(Cl)cc1Cl. The summed E-state index contributed by atoms with van der Waals surface area (Å²) in [6.45, 7) is 7.37. The van der Waals surface area contributed by atoms with Gasteiger partial charge in [-0.3, -0.25) is 0 Å². The fourth-order valence-corrected chi connectivity index (χ4v) is 2.63. The first kappa shape index (κ1) is 19.4. The molecule has 1 atom stereocenters. The van der Waals surface area contributed by atoms with Gasteiger partial charge in [0.15, 0.2) is 11.9 Å². The van der Waals surface area contributed by atoms with Crippen LogP contribution in [0.15, 0.2) is 12.1 Å². The molecule has 0 spiro atoms. The Morgan fingerprint density at radius 2 is 1.88 bits per heavy atom. The number of hydrogen-bond donors (Lipinski definition) is 0. The maximum Gasteiger partial charge on any atom is 0.347 e. The zero-order chi connectivity index (χ0) is 18.7. The Labute approximate surface area is 156 Å². The van der Waals surface area contributed by atoms with E-state index in [1.165, 1.54) is 6.07 Å². The second-order valence-corrected chi connectivity index (χ2v) is 6.28. The third-order valence-electron chi connectivity index (χ3n) is 3.57. The molecular formula is C17H20Cl2N2O4. The van der Waals surface area contributed by atoms with Crippen molar-refractivity contribution in [2.24, 2.45) is 7.05 Å². The summed E-state index contributed by atoms with van der Waals surface area (Å²) in [6.07, 6.45) is -0.813. The number of rotatable bonds is 6. The van der Waals surface area contributed by atoms with Gasteiger partial charge in [-0.05, 0) is 33.8 Å². The number of carbonyl (C=O) groups excluding carboxylic acids is 1. The van der Waals surface area contributed by atoms with E-state index in [2.05, 4.69) is 5.10 Å². The second-order valence-electron chi connectivity index (χ2n) is 5.47. The number of hydrogen-bond acceptors (Lipinski definition) is 5. The Morgan fingerprint density at radius 1 is 1.24 bits per heavy atom. The van der Waals surface area contributed by atoms with Gasteiger partial charge in [-0.1, -0.05) is 23.2 Å². The zero-order valence-corrected chi connectivity index (χ0v) is 16.2. The Bertz CT molecular complexity index is 789. The highest BCUT2D eigenvalue weighted by molar-refractivity contribution is 6.36. The smallest absolute Gasteiger partial charge is 0.347 e. The molecule has 0 radical (unpaired) electrons. The molecular weight excluding hydrogens is 367 g/mol. The molecule has 0 aliphatic heterocycles. The standard InChI is InChI=1S/C17H20Cl2N2O4/c1-6-23-17(22)11(4)24-14-8-15(13(19)7-12(14)18)25-16-9(2)10(3)20-21(16)5/h7-8,11H,6H2,1-5H3/t11-/m0/s1. The molecule has 0 aliphatic carbocycles. The Kier molecular flexibility index (Phi) is 6.19. The normalized spacial score (nSPS) is 12.0. The number of carbonyl (C=O) groups is 1. The summed E-state index contributed by atoms with van der Waals surface area (Å²) in [4.78, 5) is 11.7. The van der Waals surface area contributed by atoms with Crippen LogP contribution in [0.1, 0.15) is 25.1 Å². The van der Waals surface area contributed by atoms with Crippen LogP contribution in [0.25, 0.3) is 0 Å². The fraction of sp³-hybridized carbons (Fsp3) is 0.412. The van der Waals surface area contributed by atoms with Crippen molar-refractivity contribution < 1.29 is 19.0 Å². The largest absolute Gasteiger partial charge is 0.477 e. The maximum absolute atomic E-state index is 11.7. The van der Waals surface area contributed by atoms with Gasteiger partial charge in [-0.15, -0.1) is 0 Å². The summed E-state index contributed by atoms with van der Waals surface area (Å²) in [5.41, 5.74) is 1.76. The number of ether oxygens (including phenoxy) is 3. The molecule has 1 heterocycles. The average molecular weight is 387 g/mol. The van der Waals surface area contributed by atoms with Crippen molar-refractivity contribution in [3.05, 3.63) is 33.4 Å². The summed E-state index contributed by atoms with van der Waals surface area (Å²) in [5, 5.41) is 4.89. The lowest BCUT2D eigenvalue weighted by atomic mass is 10.3. The fourth-order valence-electron chi connectivity index (χ4n) is 2.17. The van der Waals surface area contributed by atoms with Crippen molar-refractivity contribution in [2.45, 2.75) is 33.8 Å². The van der Waals surface area contributed by atoms with E-state index in [1.54, 1.807) is 31.6 Å². The van der Waals surface area contributed by atoms with Crippen LogP contribution in [-0.4, -0.2) is 28.5 Å². The molecule has 0 fully saturated rings. The summed E-state index contributed by atoms with van der Waals surface area (Å²) < 4.78 is 18.0. The van der Waals surface area contributed by atoms with Gasteiger partial charge in [-0.2, -0.15) is 5.10 Å². The number of aryl methyl sites for hydroxylation is 2. The van der Waals surface area contributed by atoms with Crippen molar-refractivity contribution in [3.63, 3.8) is 0 Å². The van der Waals surface area contributed by atoms with E-state index in [-0.39, 0.29) is 17.4 Å². The summed E-state index contributed by atoms with van der Waals surface area (Å²) >= 11 is 12.4. The van der Waals surface area contributed by atoms with E-state index < -0.39 is 12.1 Å². The topological polar surface area (TPSA) is 62.6 Å². The van der Waals surface area contributed by atoms with Crippen LogP contribution in [0.5, 0.6) is 17.4 Å². The first-order valence-corrected chi connectivity index (χ1v) is 8.50. The lowest BCUT2D eigenvalue weighted by Crippen LogP contribution is -2.26. The molecule has 1 aromatic carbocycles. The zero-order valence-electron chi connectivity index (χ0n) is 14.7. The summed E-state index contributed by atoms with van der Waals surface area (Å²) in [6, 6.07) is 3.05. The van der Waals surface area contributed by atoms with Crippen LogP contribution in [0.4, 0.5) is 0 Å². The van der Waals surface area contributed by atoms with E-state index >= 15 is 0 Å². The van der Waals surface area contributed by atoms with Crippen molar-refractivity contribution in [1.82, 2.24) is 9.78 Å². The highest BCUT2D eigenvalue weighted by atomic mass is 35.5. The van der Waals surface area contributed by atoms with E-state index in [0.29, 0.717) is 16.7 Å². The molecule has 0 amide bonds. The highest BCUT2D eigenvalue weighted by Gasteiger charge is 2.20. The molecule has 0 saturated carbocycles. The molecule has 0 aliphatic rings. The molecule has 1 aromatic heterocycles. The van der Waals surface area contributed by atoms with E-state index in [4.69, 9.17) is 37.4 Å². The molecule has 2 aromatic rings. The molecule has 2 rings (SSSR count). The van der Waals surface area contributed by atoms with Gasteiger partial charge < -0.3 is 14.2 Å². The minimum atomic E-state index is -0.813. The van der Waals surface area contributed by atoms with E-state index in [1.807, 2.05) is 13.8 Å².